The molecule has 194 valence electrons. The summed E-state index contributed by atoms with van der Waals surface area (Å²) < 4.78 is 11.8. The van der Waals surface area contributed by atoms with E-state index in [4.69, 9.17) is 9.47 Å². The number of hydrogen-bond donors (Lipinski definition) is 3. The monoisotopic (exact) mass is 478 g/mol. The first-order valence-corrected chi connectivity index (χ1v) is 14.2. The van der Waals surface area contributed by atoms with Crippen molar-refractivity contribution in [2.45, 2.75) is 107 Å². The minimum Gasteiger partial charge on any atom is -0.393 e. The molecule has 0 bridgehead atoms. The zero-order chi connectivity index (χ0) is 23.5. The lowest BCUT2D eigenvalue weighted by Gasteiger charge is -2.39. The molecule has 2 saturated heterocycles. The Morgan fingerprint density at radius 3 is 2.53 bits per heavy atom. The van der Waals surface area contributed by atoms with Gasteiger partial charge in [-0.15, -0.1) is 0 Å². The molecule has 7 atom stereocenters. The molecule has 7 nitrogen and oxygen atoms in total. The highest BCUT2D eigenvalue weighted by Crippen LogP contribution is 2.39. The fourth-order valence-electron chi connectivity index (χ4n) is 7.53. The van der Waals surface area contributed by atoms with Gasteiger partial charge in [0.05, 0.1) is 24.2 Å². The molecule has 5 rings (SSSR count). The van der Waals surface area contributed by atoms with E-state index in [1.165, 1.54) is 51.4 Å². The number of aliphatic hydroxyl groups is 2. The Bertz CT molecular complexity index is 665. The number of nitrogens with one attached hydrogen (secondary N) is 1. The number of fused-ring (bicyclic) bond motifs is 1. The SMILES string of the molecule is O=C(C1C(O)CC(O)CC1OCC1CCCCC1)N1CC2CCCC(NC3CCOCC3)C2C1. The molecule has 34 heavy (non-hydrogen) atoms. The van der Waals surface area contributed by atoms with Crippen molar-refractivity contribution in [1.82, 2.24) is 10.2 Å². The second kappa shape index (κ2) is 11.5. The number of carbonyl (C=O) groups is 1. The van der Waals surface area contributed by atoms with E-state index in [9.17, 15) is 15.0 Å². The first-order chi connectivity index (χ1) is 16.6. The summed E-state index contributed by atoms with van der Waals surface area (Å²) >= 11 is 0. The van der Waals surface area contributed by atoms with Crippen molar-refractivity contribution >= 4 is 5.91 Å². The molecule has 7 unspecified atom stereocenters. The third-order valence-corrected chi connectivity index (χ3v) is 9.47. The van der Waals surface area contributed by atoms with Crippen molar-refractivity contribution in [2.75, 3.05) is 32.9 Å². The second-order valence-corrected chi connectivity index (χ2v) is 11.9. The van der Waals surface area contributed by atoms with Crippen molar-refractivity contribution in [3.63, 3.8) is 0 Å². The van der Waals surface area contributed by atoms with E-state index in [0.717, 1.165) is 39.1 Å². The van der Waals surface area contributed by atoms with E-state index >= 15 is 0 Å². The molecular formula is C27H46N2O5. The summed E-state index contributed by atoms with van der Waals surface area (Å²) in [7, 11) is 0. The van der Waals surface area contributed by atoms with Gasteiger partial charge in [-0.05, 0) is 56.3 Å². The van der Waals surface area contributed by atoms with Gasteiger partial charge >= 0.3 is 0 Å². The highest BCUT2D eigenvalue weighted by atomic mass is 16.5. The van der Waals surface area contributed by atoms with Crippen LogP contribution < -0.4 is 5.32 Å². The average molecular weight is 479 g/mol. The summed E-state index contributed by atoms with van der Waals surface area (Å²) in [5.74, 6) is 1.09. The van der Waals surface area contributed by atoms with Crippen LogP contribution in [-0.4, -0.2) is 84.3 Å². The number of nitrogens with zero attached hydrogens (tertiary/aromatic N) is 1. The molecule has 1 amide bonds. The van der Waals surface area contributed by atoms with Crippen LogP contribution in [0.15, 0.2) is 0 Å². The van der Waals surface area contributed by atoms with Gasteiger partial charge in [0.15, 0.2) is 0 Å². The maximum Gasteiger partial charge on any atom is 0.230 e. The standard InChI is InChI=1S/C27H46N2O5/c30-21-13-24(31)26(25(14-21)34-17-18-5-2-1-3-6-18)27(32)29-15-19-7-4-8-23(22(19)16-29)28-20-9-11-33-12-10-20/h18-26,28,30-31H,1-17H2. The maximum absolute atomic E-state index is 13.8. The lowest BCUT2D eigenvalue weighted by molar-refractivity contribution is -0.158. The van der Waals surface area contributed by atoms with E-state index in [-0.39, 0.29) is 18.4 Å². The third-order valence-electron chi connectivity index (χ3n) is 9.47. The number of aliphatic hydroxyl groups excluding tert-OH is 2. The summed E-state index contributed by atoms with van der Waals surface area (Å²) in [6, 6.07) is 0.998. The number of likely N-dealkylation sites (tertiary alicyclic amines) is 1. The lowest BCUT2D eigenvalue weighted by Crippen LogP contribution is -2.52. The molecule has 0 spiro atoms. The number of rotatable bonds is 6. The molecule has 5 fully saturated rings. The summed E-state index contributed by atoms with van der Waals surface area (Å²) in [5, 5.41) is 25.1. The van der Waals surface area contributed by atoms with Gasteiger partial charge in [-0.1, -0.05) is 25.7 Å². The second-order valence-electron chi connectivity index (χ2n) is 11.9. The maximum atomic E-state index is 13.8. The molecule has 0 aromatic carbocycles. The van der Waals surface area contributed by atoms with E-state index in [0.29, 0.717) is 42.9 Å². The van der Waals surface area contributed by atoms with Crippen LogP contribution >= 0.6 is 0 Å². The summed E-state index contributed by atoms with van der Waals surface area (Å²) in [4.78, 5) is 15.8. The highest BCUT2D eigenvalue weighted by Gasteiger charge is 2.48. The Morgan fingerprint density at radius 1 is 0.941 bits per heavy atom. The van der Waals surface area contributed by atoms with Crippen molar-refractivity contribution in [3.8, 4) is 0 Å². The van der Waals surface area contributed by atoms with Crippen LogP contribution in [0, 0.1) is 23.7 Å². The average Bonchev–Trinajstić information content (AvgIpc) is 3.29. The van der Waals surface area contributed by atoms with E-state index < -0.39 is 18.1 Å². The minimum atomic E-state index is -0.827. The third kappa shape index (κ3) is 5.80. The van der Waals surface area contributed by atoms with Gasteiger partial charge in [-0.2, -0.15) is 0 Å². The Hall–Kier alpha value is -0.730. The fourth-order valence-corrected chi connectivity index (χ4v) is 7.53. The molecule has 5 aliphatic rings. The molecule has 3 saturated carbocycles. The predicted molar refractivity (Wildman–Crippen MR) is 129 cm³/mol. The Kier molecular flexibility index (Phi) is 8.47. The molecule has 3 N–H and O–H groups in total. The van der Waals surface area contributed by atoms with Crippen molar-refractivity contribution in [2.24, 2.45) is 23.7 Å². The Morgan fingerprint density at radius 2 is 1.74 bits per heavy atom. The van der Waals surface area contributed by atoms with E-state index in [2.05, 4.69) is 5.32 Å². The van der Waals surface area contributed by atoms with Crippen LogP contribution in [0.5, 0.6) is 0 Å². The number of hydrogen-bond acceptors (Lipinski definition) is 6. The summed E-state index contributed by atoms with van der Waals surface area (Å²) in [5.41, 5.74) is 0. The zero-order valence-electron chi connectivity index (χ0n) is 20.8. The minimum absolute atomic E-state index is 0.0484. The van der Waals surface area contributed by atoms with Crippen LogP contribution in [0.3, 0.4) is 0 Å². The molecule has 3 aliphatic carbocycles. The van der Waals surface area contributed by atoms with Crippen molar-refractivity contribution in [3.05, 3.63) is 0 Å². The predicted octanol–water partition coefficient (Wildman–Crippen LogP) is 2.48. The van der Waals surface area contributed by atoms with Gasteiger partial charge in [0.2, 0.25) is 5.91 Å². The van der Waals surface area contributed by atoms with Crippen LogP contribution in [0.1, 0.15) is 77.0 Å². The fraction of sp³-hybridized carbons (Fsp3) is 0.963. The van der Waals surface area contributed by atoms with Gasteiger partial charge in [0.1, 0.15) is 0 Å². The van der Waals surface area contributed by atoms with E-state index in [1.807, 2.05) is 4.90 Å². The van der Waals surface area contributed by atoms with Crippen molar-refractivity contribution in [1.29, 1.82) is 0 Å². The van der Waals surface area contributed by atoms with Crippen LogP contribution in [-0.2, 0) is 14.3 Å². The van der Waals surface area contributed by atoms with Gasteiger partial charge in [0, 0.05) is 57.8 Å². The highest BCUT2D eigenvalue weighted by molar-refractivity contribution is 5.80. The smallest absolute Gasteiger partial charge is 0.230 e. The van der Waals surface area contributed by atoms with Crippen LogP contribution in [0.25, 0.3) is 0 Å². The molecule has 0 aromatic rings. The molecular weight excluding hydrogens is 432 g/mol. The Labute approximate surface area is 204 Å². The molecule has 2 aliphatic heterocycles. The first kappa shape index (κ1) is 24.9. The molecule has 0 radical (unpaired) electrons. The van der Waals surface area contributed by atoms with Gasteiger partial charge < -0.3 is 29.9 Å². The topological polar surface area (TPSA) is 91.3 Å². The van der Waals surface area contributed by atoms with Gasteiger partial charge in [0.25, 0.3) is 0 Å². The Balaban J connectivity index is 1.21. The lowest BCUT2D eigenvalue weighted by atomic mass is 9.77. The number of carbonyl (C=O) groups excluding carboxylic acids is 1. The number of amides is 1. The van der Waals surface area contributed by atoms with E-state index in [1.54, 1.807) is 0 Å². The molecule has 7 heteroatoms. The van der Waals surface area contributed by atoms with Gasteiger partial charge in [-0.3, -0.25) is 4.79 Å². The molecule has 0 aromatic heterocycles. The van der Waals surface area contributed by atoms with Crippen LogP contribution in [0.2, 0.25) is 0 Å². The molecule has 2 heterocycles. The van der Waals surface area contributed by atoms with Gasteiger partial charge in [-0.25, -0.2) is 0 Å². The normalized spacial score (nSPS) is 40.3. The quantitative estimate of drug-likeness (QED) is 0.543. The largest absolute Gasteiger partial charge is 0.393 e. The summed E-state index contributed by atoms with van der Waals surface area (Å²) in [6.07, 6.45) is 10.9. The summed E-state index contributed by atoms with van der Waals surface area (Å²) in [6.45, 7) is 3.92. The van der Waals surface area contributed by atoms with Crippen LogP contribution in [0.4, 0.5) is 0 Å². The van der Waals surface area contributed by atoms with Crippen molar-refractivity contribution < 1.29 is 24.5 Å². The first-order valence-electron chi connectivity index (χ1n) is 14.2. The number of ether oxygens (including phenoxy) is 2. The zero-order valence-corrected chi connectivity index (χ0v) is 20.8.